The summed E-state index contributed by atoms with van der Waals surface area (Å²) in [4.78, 5) is 39.5. The molecule has 3 fully saturated rings. The van der Waals surface area contributed by atoms with E-state index in [2.05, 4.69) is 17.5 Å². The van der Waals surface area contributed by atoms with E-state index in [1.54, 1.807) is 18.2 Å². The van der Waals surface area contributed by atoms with Crippen molar-refractivity contribution in [3.8, 4) is 0 Å². The molecule has 27 heavy (non-hydrogen) atoms. The van der Waals surface area contributed by atoms with Crippen molar-refractivity contribution in [2.75, 3.05) is 11.9 Å². The maximum atomic E-state index is 12.9. The number of imide groups is 1. The third kappa shape index (κ3) is 2.48. The van der Waals surface area contributed by atoms with Gasteiger partial charge in [0.2, 0.25) is 17.7 Å². The van der Waals surface area contributed by atoms with Crippen molar-refractivity contribution < 1.29 is 14.4 Å². The van der Waals surface area contributed by atoms with Crippen LogP contribution in [0.3, 0.4) is 0 Å². The maximum absolute atomic E-state index is 12.9. The minimum Gasteiger partial charge on any atom is -0.326 e. The van der Waals surface area contributed by atoms with E-state index in [1.807, 2.05) is 6.92 Å². The number of hydrogen-bond donors (Lipinski definition) is 1. The lowest BCUT2D eigenvalue weighted by atomic mass is 9.63. The van der Waals surface area contributed by atoms with Crippen LogP contribution >= 0.6 is 11.6 Å². The fourth-order valence-corrected chi connectivity index (χ4v) is 5.58. The van der Waals surface area contributed by atoms with Gasteiger partial charge < -0.3 is 5.32 Å². The third-order valence-electron chi connectivity index (χ3n) is 6.86. The van der Waals surface area contributed by atoms with Gasteiger partial charge in [-0.05, 0) is 54.7 Å². The number of hydrogen-bond acceptors (Lipinski definition) is 3. The average molecular weight is 385 g/mol. The van der Waals surface area contributed by atoms with E-state index >= 15 is 0 Å². The molecule has 1 aromatic rings. The number of anilines is 1. The number of carbonyl (C=O) groups is 3. The smallest absolute Gasteiger partial charge is 0.233 e. The van der Waals surface area contributed by atoms with Crippen molar-refractivity contribution in [3.63, 3.8) is 0 Å². The van der Waals surface area contributed by atoms with Crippen LogP contribution in [0.4, 0.5) is 5.69 Å². The summed E-state index contributed by atoms with van der Waals surface area (Å²) in [5.41, 5.74) is 1.45. The normalized spacial score (nSPS) is 35.3. The SMILES string of the molecule is Cc1c(Cl)cccc1NC(=O)CCN1C(=O)[C@@H]2[C@@H]3C=C[C@H]([C@H]4C[C@H]34)[C@@H]2C1=O. The summed E-state index contributed by atoms with van der Waals surface area (Å²) in [5.74, 6) is 0.828. The van der Waals surface area contributed by atoms with Crippen molar-refractivity contribution in [1.82, 2.24) is 4.90 Å². The van der Waals surface area contributed by atoms with Crippen LogP contribution in [-0.4, -0.2) is 29.2 Å². The summed E-state index contributed by atoms with van der Waals surface area (Å²) in [6.45, 7) is 1.98. The maximum Gasteiger partial charge on any atom is 0.233 e. The molecule has 1 heterocycles. The predicted molar refractivity (Wildman–Crippen MR) is 101 cm³/mol. The highest BCUT2D eigenvalue weighted by atomic mass is 35.5. The first-order valence-corrected chi connectivity index (χ1v) is 9.93. The van der Waals surface area contributed by atoms with Gasteiger partial charge in [0.15, 0.2) is 0 Å². The Kier molecular flexibility index (Phi) is 3.73. The zero-order chi connectivity index (χ0) is 18.9. The zero-order valence-electron chi connectivity index (χ0n) is 15.0. The van der Waals surface area contributed by atoms with Gasteiger partial charge in [0.05, 0.1) is 11.8 Å². The number of amides is 3. The molecular weight excluding hydrogens is 364 g/mol. The summed E-state index contributed by atoms with van der Waals surface area (Å²) in [6, 6.07) is 5.33. The van der Waals surface area contributed by atoms with Gasteiger partial charge in [-0.1, -0.05) is 29.8 Å². The molecule has 1 N–H and O–H groups in total. The monoisotopic (exact) mass is 384 g/mol. The highest BCUT2D eigenvalue weighted by Crippen LogP contribution is 2.65. The molecule has 3 amide bonds. The van der Waals surface area contributed by atoms with Gasteiger partial charge in [0.25, 0.3) is 0 Å². The Morgan fingerprint density at radius 2 is 1.78 bits per heavy atom. The molecule has 1 aromatic carbocycles. The number of halogens is 1. The first-order chi connectivity index (χ1) is 13.0. The molecule has 0 radical (unpaired) electrons. The highest BCUT2D eigenvalue weighted by Gasteiger charge is 2.66. The van der Waals surface area contributed by atoms with Crippen LogP contribution in [0.25, 0.3) is 0 Å². The minimum absolute atomic E-state index is 0.0820. The number of benzene rings is 1. The van der Waals surface area contributed by atoms with Crippen molar-refractivity contribution >= 4 is 35.0 Å². The molecule has 140 valence electrons. The van der Waals surface area contributed by atoms with Crippen molar-refractivity contribution in [2.24, 2.45) is 35.5 Å². The fourth-order valence-electron chi connectivity index (χ4n) is 5.41. The van der Waals surface area contributed by atoms with Gasteiger partial charge in [-0.15, -0.1) is 0 Å². The van der Waals surface area contributed by atoms with Crippen molar-refractivity contribution in [3.05, 3.63) is 40.9 Å². The Balaban J connectivity index is 1.26. The lowest BCUT2D eigenvalue weighted by Crippen LogP contribution is -2.40. The number of allylic oxidation sites excluding steroid dienone is 2. The lowest BCUT2D eigenvalue weighted by Gasteiger charge is -2.37. The van der Waals surface area contributed by atoms with E-state index in [-0.39, 0.29) is 54.4 Å². The number of carbonyl (C=O) groups excluding carboxylic acids is 3. The first kappa shape index (κ1) is 17.0. The van der Waals surface area contributed by atoms with E-state index in [0.29, 0.717) is 22.5 Å². The third-order valence-corrected chi connectivity index (χ3v) is 7.27. The second-order valence-electron chi connectivity index (χ2n) is 8.19. The molecule has 5 aliphatic rings. The zero-order valence-corrected chi connectivity index (χ0v) is 15.8. The Morgan fingerprint density at radius 3 is 2.41 bits per heavy atom. The Hall–Kier alpha value is -2.14. The molecular formula is C21H21ClN2O3. The highest BCUT2D eigenvalue weighted by molar-refractivity contribution is 6.31. The topological polar surface area (TPSA) is 66.5 Å². The molecule has 4 aliphatic carbocycles. The van der Waals surface area contributed by atoms with E-state index in [0.717, 1.165) is 12.0 Å². The van der Waals surface area contributed by atoms with Crippen LogP contribution in [0.1, 0.15) is 18.4 Å². The van der Waals surface area contributed by atoms with Crippen LogP contribution in [0.5, 0.6) is 0 Å². The summed E-state index contributed by atoms with van der Waals surface area (Å²) >= 11 is 6.08. The van der Waals surface area contributed by atoms with Gasteiger partial charge in [0, 0.05) is 23.7 Å². The van der Waals surface area contributed by atoms with Crippen LogP contribution < -0.4 is 5.32 Å². The number of likely N-dealkylation sites (tertiary alicyclic amines) is 1. The number of nitrogens with one attached hydrogen (secondary N) is 1. The van der Waals surface area contributed by atoms with E-state index in [4.69, 9.17) is 11.6 Å². The molecule has 1 saturated heterocycles. The molecule has 1 aliphatic heterocycles. The van der Waals surface area contributed by atoms with Gasteiger partial charge in [-0.2, -0.15) is 0 Å². The Labute approximate surface area is 162 Å². The minimum atomic E-state index is -0.222. The molecule has 6 atom stereocenters. The second-order valence-corrected chi connectivity index (χ2v) is 8.60. The molecule has 5 nitrogen and oxygen atoms in total. The van der Waals surface area contributed by atoms with Crippen LogP contribution in [0.15, 0.2) is 30.4 Å². The van der Waals surface area contributed by atoms with Gasteiger partial charge in [0.1, 0.15) is 0 Å². The van der Waals surface area contributed by atoms with E-state index < -0.39 is 0 Å². The largest absolute Gasteiger partial charge is 0.326 e. The van der Waals surface area contributed by atoms with Crippen molar-refractivity contribution in [1.29, 1.82) is 0 Å². The molecule has 2 saturated carbocycles. The van der Waals surface area contributed by atoms with Gasteiger partial charge in [-0.3, -0.25) is 19.3 Å². The second kappa shape index (κ2) is 5.93. The van der Waals surface area contributed by atoms with E-state index in [9.17, 15) is 14.4 Å². The van der Waals surface area contributed by atoms with Crippen molar-refractivity contribution in [2.45, 2.75) is 19.8 Å². The van der Waals surface area contributed by atoms with Gasteiger partial charge in [-0.25, -0.2) is 0 Å². The van der Waals surface area contributed by atoms with Gasteiger partial charge >= 0.3 is 0 Å². The Morgan fingerprint density at radius 1 is 1.15 bits per heavy atom. The summed E-state index contributed by atoms with van der Waals surface area (Å²) in [6.07, 6.45) is 5.56. The molecule has 6 rings (SSSR count). The van der Waals surface area contributed by atoms with Crippen LogP contribution in [0.2, 0.25) is 5.02 Å². The van der Waals surface area contributed by atoms with Crippen LogP contribution in [0, 0.1) is 42.4 Å². The average Bonchev–Trinajstić information content (AvgIpc) is 3.43. The molecule has 0 spiro atoms. The number of nitrogens with zero attached hydrogens (tertiary/aromatic N) is 1. The predicted octanol–water partition coefficient (Wildman–Crippen LogP) is 3.03. The summed E-state index contributed by atoms with van der Waals surface area (Å²) in [7, 11) is 0. The number of rotatable bonds is 4. The molecule has 2 bridgehead atoms. The fraction of sp³-hybridized carbons (Fsp3) is 0.476. The standard InChI is InChI=1S/C21H21ClN2O3/c1-10-15(22)3-2-4-16(10)23-17(25)7-8-24-20(26)18-11-5-6-12(14-9-13(11)14)19(18)21(24)27/h2-6,11-14,18-19H,7-9H2,1H3,(H,23,25)/t11-,12-,13-,14-,18-,19+/m1/s1. The quantitative estimate of drug-likeness (QED) is 0.641. The molecule has 0 aromatic heterocycles. The Bertz CT molecular complexity index is 859. The summed E-state index contributed by atoms with van der Waals surface area (Å²) < 4.78 is 0. The molecule has 6 heteroatoms. The lowest BCUT2D eigenvalue weighted by molar-refractivity contribution is -0.140. The van der Waals surface area contributed by atoms with E-state index in [1.165, 1.54) is 4.90 Å². The molecule has 0 unspecified atom stereocenters. The first-order valence-electron chi connectivity index (χ1n) is 9.56. The summed E-state index contributed by atoms with van der Waals surface area (Å²) in [5, 5.41) is 3.41. The van der Waals surface area contributed by atoms with Crippen LogP contribution in [-0.2, 0) is 14.4 Å².